The number of nitrogens with zero attached hydrogens (tertiary/aromatic N) is 1. The fourth-order valence-electron chi connectivity index (χ4n) is 3.05. The van der Waals surface area contributed by atoms with E-state index in [1.54, 1.807) is 30.3 Å². The van der Waals surface area contributed by atoms with Crippen molar-refractivity contribution >= 4 is 45.9 Å². The van der Waals surface area contributed by atoms with Gasteiger partial charge < -0.3 is 9.73 Å². The molecule has 0 aliphatic heterocycles. The molecule has 0 fully saturated rings. The second-order valence-electron chi connectivity index (χ2n) is 6.81. The van der Waals surface area contributed by atoms with Crippen molar-refractivity contribution in [2.75, 3.05) is 5.32 Å². The van der Waals surface area contributed by atoms with Crippen molar-refractivity contribution in [2.24, 2.45) is 0 Å². The van der Waals surface area contributed by atoms with E-state index in [9.17, 15) is 18.0 Å². The van der Waals surface area contributed by atoms with E-state index in [0.717, 1.165) is 6.07 Å². The molecule has 0 unspecified atom stereocenters. The van der Waals surface area contributed by atoms with Crippen LogP contribution in [0.25, 0.3) is 22.6 Å². The zero-order chi connectivity index (χ0) is 22.3. The second kappa shape index (κ2) is 7.90. The van der Waals surface area contributed by atoms with Gasteiger partial charge in [0.15, 0.2) is 5.58 Å². The molecule has 0 spiro atoms. The van der Waals surface area contributed by atoms with Gasteiger partial charge in [-0.25, -0.2) is 4.98 Å². The molecule has 0 saturated carbocycles. The maximum absolute atomic E-state index is 13.1. The molecule has 1 N–H and O–H groups in total. The monoisotopic (exact) mass is 464 g/mol. The van der Waals surface area contributed by atoms with Crippen LogP contribution in [0.15, 0.2) is 59.0 Å². The van der Waals surface area contributed by atoms with Crippen LogP contribution < -0.4 is 5.32 Å². The smallest absolute Gasteiger partial charge is 0.416 e. The molecular weight excluding hydrogens is 452 g/mol. The zero-order valence-corrected chi connectivity index (χ0v) is 17.4. The number of hydrogen-bond donors (Lipinski definition) is 1. The van der Waals surface area contributed by atoms with Crippen LogP contribution in [-0.4, -0.2) is 10.9 Å². The average molecular weight is 465 g/mol. The molecule has 0 radical (unpaired) electrons. The van der Waals surface area contributed by atoms with Crippen molar-refractivity contribution in [1.29, 1.82) is 0 Å². The number of aryl methyl sites for hydroxylation is 1. The number of alkyl halides is 3. The highest BCUT2D eigenvalue weighted by molar-refractivity contribution is 6.33. The summed E-state index contributed by atoms with van der Waals surface area (Å²) < 4.78 is 45.0. The largest absolute Gasteiger partial charge is 0.436 e. The van der Waals surface area contributed by atoms with Gasteiger partial charge in [-0.05, 0) is 61.0 Å². The first-order chi connectivity index (χ1) is 14.6. The van der Waals surface area contributed by atoms with Gasteiger partial charge in [0.05, 0.1) is 16.1 Å². The third-order valence-electron chi connectivity index (χ3n) is 4.61. The molecule has 0 saturated heterocycles. The molecule has 4 aromatic rings. The van der Waals surface area contributed by atoms with Crippen molar-refractivity contribution in [2.45, 2.75) is 13.1 Å². The lowest BCUT2D eigenvalue weighted by molar-refractivity contribution is -0.138. The maximum Gasteiger partial charge on any atom is 0.416 e. The number of fused-ring (bicyclic) bond motifs is 1. The Bertz CT molecular complexity index is 1320. The SMILES string of the molecule is Cc1ccc(C(=O)Nc2ccc(-c3nc4cc(Cl)ccc4o3)c(Cl)c2)cc1C(F)(F)F. The number of amides is 1. The number of halogens is 5. The standard InChI is InChI=1S/C22H13Cl2F3N2O2/c1-11-2-3-12(8-16(11)22(25,26)27)20(30)28-14-5-6-15(17(24)10-14)21-29-18-9-13(23)4-7-19(18)31-21/h2-10H,1H3,(H,28,30). The fourth-order valence-corrected chi connectivity index (χ4v) is 3.48. The molecule has 0 atom stereocenters. The highest BCUT2D eigenvalue weighted by Crippen LogP contribution is 2.34. The average Bonchev–Trinajstić information content (AvgIpc) is 3.10. The van der Waals surface area contributed by atoms with Crippen molar-refractivity contribution in [3.63, 3.8) is 0 Å². The van der Waals surface area contributed by atoms with Crippen LogP contribution in [0, 0.1) is 6.92 Å². The van der Waals surface area contributed by atoms with Gasteiger partial charge in [-0.15, -0.1) is 0 Å². The predicted molar refractivity (Wildman–Crippen MR) is 114 cm³/mol. The topological polar surface area (TPSA) is 55.1 Å². The van der Waals surface area contributed by atoms with Gasteiger partial charge in [-0.2, -0.15) is 13.2 Å². The third kappa shape index (κ3) is 4.38. The third-order valence-corrected chi connectivity index (χ3v) is 5.16. The van der Waals surface area contributed by atoms with Crippen LogP contribution >= 0.6 is 23.2 Å². The number of aromatic nitrogens is 1. The molecular formula is C22H13Cl2F3N2O2. The number of carbonyl (C=O) groups excluding carboxylic acids is 1. The molecule has 31 heavy (non-hydrogen) atoms. The fraction of sp³-hybridized carbons (Fsp3) is 0.0909. The minimum absolute atomic E-state index is 0.0380. The number of rotatable bonds is 3. The lowest BCUT2D eigenvalue weighted by atomic mass is 10.0. The minimum atomic E-state index is -4.55. The van der Waals surface area contributed by atoms with Gasteiger partial charge in [0.25, 0.3) is 5.91 Å². The first-order valence-corrected chi connectivity index (χ1v) is 9.72. The molecule has 158 valence electrons. The van der Waals surface area contributed by atoms with Crippen LogP contribution in [0.4, 0.5) is 18.9 Å². The summed E-state index contributed by atoms with van der Waals surface area (Å²) in [6.45, 7) is 1.34. The number of carbonyl (C=O) groups is 1. The summed E-state index contributed by atoms with van der Waals surface area (Å²) in [4.78, 5) is 16.8. The van der Waals surface area contributed by atoms with Crippen LogP contribution in [0.5, 0.6) is 0 Å². The Balaban J connectivity index is 1.59. The molecule has 9 heteroatoms. The van der Waals surface area contributed by atoms with E-state index in [4.69, 9.17) is 27.6 Å². The lowest BCUT2D eigenvalue weighted by Gasteiger charge is -2.12. The van der Waals surface area contributed by atoms with Crippen LogP contribution in [0.2, 0.25) is 10.0 Å². The molecule has 1 heterocycles. The zero-order valence-electron chi connectivity index (χ0n) is 15.8. The van der Waals surface area contributed by atoms with Gasteiger partial charge >= 0.3 is 6.18 Å². The number of hydrogen-bond acceptors (Lipinski definition) is 3. The molecule has 1 amide bonds. The van der Waals surface area contributed by atoms with E-state index in [1.807, 2.05) is 0 Å². The van der Waals surface area contributed by atoms with Crippen molar-refractivity contribution in [3.05, 3.63) is 81.3 Å². The van der Waals surface area contributed by atoms with Gasteiger partial charge in [0.1, 0.15) is 5.52 Å². The summed E-state index contributed by atoms with van der Waals surface area (Å²) >= 11 is 12.3. The maximum atomic E-state index is 13.1. The van der Waals surface area contributed by atoms with E-state index in [-0.39, 0.29) is 22.0 Å². The molecule has 4 nitrogen and oxygen atoms in total. The molecule has 0 aliphatic rings. The molecule has 0 aliphatic carbocycles. The Kier molecular flexibility index (Phi) is 5.41. The highest BCUT2D eigenvalue weighted by Gasteiger charge is 2.33. The van der Waals surface area contributed by atoms with E-state index in [2.05, 4.69) is 10.3 Å². The second-order valence-corrected chi connectivity index (χ2v) is 7.65. The number of benzene rings is 3. The van der Waals surface area contributed by atoms with Gasteiger partial charge in [0.2, 0.25) is 5.89 Å². The normalized spacial score (nSPS) is 11.7. The predicted octanol–water partition coefficient (Wildman–Crippen LogP) is 7.38. The lowest BCUT2D eigenvalue weighted by Crippen LogP contribution is -2.15. The Hall–Kier alpha value is -3.03. The summed E-state index contributed by atoms with van der Waals surface area (Å²) in [5.74, 6) is -0.417. The Labute approximate surface area is 184 Å². The number of oxazole rings is 1. The van der Waals surface area contributed by atoms with Crippen molar-refractivity contribution < 1.29 is 22.4 Å². The Morgan fingerprint density at radius 3 is 2.52 bits per heavy atom. The van der Waals surface area contributed by atoms with Gasteiger partial charge in [0, 0.05) is 16.3 Å². The first-order valence-electron chi connectivity index (χ1n) is 8.97. The first kappa shape index (κ1) is 21.2. The quantitative estimate of drug-likeness (QED) is 0.344. The van der Waals surface area contributed by atoms with Crippen LogP contribution in [-0.2, 0) is 6.18 Å². The highest BCUT2D eigenvalue weighted by atomic mass is 35.5. The van der Waals surface area contributed by atoms with Crippen LogP contribution in [0.3, 0.4) is 0 Å². The Morgan fingerprint density at radius 1 is 1.03 bits per heavy atom. The van der Waals surface area contributed by atoms with E-state index < -0.39 is 17.6 Å². The summed E-state index contributed by atoms with van der Waals surface area (Å²) in [5, 5.41) is 3.31. The summed E-state index contributed by atoms with van der Waals surface area (Å²) in [7, 11) is 0. The minimum Gasteiger partial charge on any atom is -0.436 e. The van der Waals surface area contributed by atoms with Gasteiger partial charge in [-0.3, -0.25) is 4.79 Å². The number of anilines is 1. The van der Waals surface area contributed by atoms with Crippen molar-refractivity contribution in [1.82, 2.24) is 4.98 Å². The van der Waals surface area contributed by atoms with E-state index >= 15 is 0 Å². The Morgan fingerprint density at radius 2 is 1.81 bits per heavy atom. The molecule has 3 aromatic carbocycles. The van der Waals surface area contributed by atoms with Crippen LogP contribution in [0.1, 0.15) is 21.5 Å². The van der Waals surface area contributed by atoms with Gasteiger partial charge in [-0.1, -0.05) is 29.3 Å². The number of nitrogens with one attached hydrogen (secondary N) is 1. The summed E-state index contributed by atoms with van der Waals surface area (Å²) in [6.07, 6.45) is -4.55. The summed E-state index contributed by atoms with van der Waals surface area (Å²) in [5.41, 5.74) is 0.965. The summed E-state index contributed by atoms with van der Waals surface area (Å²) in [6, 6.07) is 13.1. The van der Waals surface area contributed by atoms with Crippen molar-refractivity contribution in [3.8, 4) is 11.5 Å². The van der Waals surface area contributed by atoms with E-state index in [0.29, 0.717) is 27.4 Å². The molecule has 1 aromatic heterocycles. The molecule has 0 bridgehead atoms. The van der Waals surface area contributed by atoms with E-state index in [1.165, 1.54) is 25.1 Å². The molecule has 4 rings (SSSR count).